The lowest BCUT2D eigenvalue weighted by Crippen LogP contribution is -2.02. The van der Waals surface area contributed by atoms with Crippen molar-refractivity contribution in [3.8, 4) is 0 Å². The Balaban J connectivity index is 2.65. The Morgan fingerprint density at radius 1 is 1.55 bits per heavy atom. The fourth-order valence-electron chi connectivity index (χ4n) is 0.453. The second-order valence-electron chi connectivity index (χ2n) is 1.59. The maximum atomic E-state index is 11.6. The molecule has 0 fully saturated rings. The molecule has 62 valence electrons. The molecule has 0 spiro atoms. The first-order valence-corrected chi connectivity index (χ1v) is 4.00. The van der Waals surface area contributed by atoms with Crippen LogP contribution in [0.2, 0.25) is 0 Å². The lowest BCUT2D eigenvalue weighted by Gasteiger charge is -2.03. The molecule has 0 unspecified atom stereocenters. The van der Waals surface area contributed by atoms with Gasteiger partial charge in [-0.1, -0.05) is 0 Å². The van der Waals surface area contributed by atoms with Crippen molar-refractivity contribution in [2.24, 2.45) is 0 Å². The molecule has 1 aromatic heterocycles. The van der Waals surface area contributed by atoms with Crippen LogP contribution in [0, 0.1) is 0 Å². The van der Waals surface area contributed by atoms with Gasteiger partial charge in [0.25, 0.3) is 0 Å². The Labute approximate surface area is 73.1 Å². The minimum Gasteiger partial charge on any atom is -0.272 e. The van der Waals surface area contributed by atoms with E-state index in [1.807, 2.05) is 0 Å². The van der Waals surface area contributed by atoms with Crippen LogP contribution in [0.25, 0.3) is 0 Å². The van der Waals surface area contributed by atoms with Crippen molar-refractivity contribution in [3.05, 3.63) is 17.1 Å². The Morgan fingerprint density at radius 3 is 2.55 bits per heavy atom. The highest BCUT2D eigenvalue weighted by Gasteiger charge is 2.29. The van der Waals surface area contributed by atoms with E-state index in [0.29, 0.717) is 4.60 Å². The zero-order valence-electron chi connectivity index (χ0n) is 4.97. The number of rotatable bonds is 1. The van der Waals surface area contributed by atoms with Crippen molar-refractivity contribution < 1.29 is 13.2 Å². The Morgan fingerprint density at radius 2 is 2.18 bits per heavy atom. The third-order valence-corrected chi connectivity index (χ3v) is 1.76. The number of imidazole rings is 1. The number of halogens is 4. The summed E-state index contributed by atoms with van der Waals surface area (Å²) in [6.45, 7) is 0. The first kappa shape index (κ1) is 8.92. The van der Waals surface area contributed by atoms with E-state index in [-0.39, 0.29) is 11.9 Å². The lowest BCUT2D eigenvalue weighted by molar-refractivity contribution is -0.0334. The molecule has 0 aliphatic rings. The van der Waals surface area contributed by atoms with E-state index in [2.05, 4.69) is 20.9 Å². The van der Waals surface area contributed by atoms with E-state index in [9.17, 15) is 13.2 Å². The summed E-state index contributed by atoms with van der Waals surface area (Å²) >= 11 is 2.67. The van der Waals surface area contributed by atoms with Crippen LogP contribution in [0.15, 0.2) is 17.1 Å². The van der Waals surface area contributed by atoms with Gasteiger partial charge in [0.15, 0.2) is 0 Å². The largest absolute Gasteiger partial charge is 0.462 e. The number of aromatic nitrogens is 2. The monoisotopic (exact) mass is 246 g/mol. The van der Waals surface area contributed by atoms with Gasteiger partial charge in [-0.05, 0) is 15.9 Å². The van der Waals surface area contributed by atoms with E-state index in [1.54, 1.807) is 0 Å². The summed E-state index contributed by atoms with van der Waals surface area (Å²) in [7, 11) is 0. The van der Waals surface area contributed by atoms with E-state index in [4.69, 9.17) is 0 Å². The molecule has 0 amide bonds. The van der Waals surface area contributed by atoms with E-state index in [1.165, 1.54) is 6.20 Å². The molecule has 0 aromatic carbocycles. The molecule has 0 N–H and O–H groups in total. The molecule has 1 heterocycles. The van der Waals surface area contributed by atoms with Crippen molar-refractivity contribution in [2.75, 3.05) is 0 Å². The third-order valence-electron chi connectivity index (χ3n) is 0.738. The van der Waals surface area contributed by atoms with Crippen molar-refractivity contribution in [1.82, 2.24) is 8.96 Å². The van der Waals surface area contributed by atoms with Crippen LogP contribution in [0.4, 0.5) is 13.2 Å². The summed E-state index contributed by atoms with van der Waals surface area (Å²) in [5.74, 6) is 0. The molecule has 0 bridgehead atoms. The van der Waals surface area contributed by atoms with Crippen molar-refractivity contribution in [1.29, 1.82) is 0 Å². The predicted octanol–water partition coefficient (Wildman–Crippen LogP) is 2.66. The summed E-state index contributed by atoms with van der Waals surface area (Å²) in [5.41, 5.74) is -4.26. The number of nitrogens with zero attached hydrogens (tertiary/aromatic N) is 2. The fourth-order valence-corrected chi connectivity index (χ4v) is 1.39. The lowest BCUT2D eigenvalue weighted by atomic mass is 11.0. The van der Waals surface area contributed by atoms with Gasteiger partial charge in [-0.2, -0.15) is 13.2 Å². The van der Waals surface area contributed by atoms with Crippen LogP contribution >= 0.6 is 27.9 Å². The number of alkyl halides is 3. The minimum absolute atomic E-state index is 0.254. The summed E-state index contributed by atoms with van der Waals surface area (Å²) in [4.78, 5) is 3.56. The van der Waals surface area contributed by atoms with E-state index in [0.717, 1.165) is 10.3 Å². The zero-order chi connectivity index (χ0) is 8.48. The summed E-state index contributed by atoms with van der Waals surface area (Å²) in [6.07, 6.45) is 2.32. The van der Waals surface area contributed by atoms with Crippen molar-refractivity contribution >= 4 is 27.9 Å². The average molecular weight is 247 g/mol. The normalized spacial score (nSPS) is 12.0. The van der Waals surface area contributed by atoms with Gasteiger partial charge in [-0.15, -0.1) is 0 Å². The summed E-state index contributed by atoms with van der Waals surface area (Å²) in [5, 5.41) is 0. The standard InChI is InChI=1S/C4H2BrF3N2S/c5-3-1-10(2-9-3)11-4(6,7)8/h1-2H. The molecule has 1 aromatic rings. The van der Waals surface area contributed by atoms with E-state index >= 15 is 0 Å². The number of hydrogen-bond donors (Lipinski definition) is 0. The van der Waals surface area contributed by atoms with Gasteiger partial charge in [0.2, 0.25) is 0 Å². The molecule has 0 atom stereocenters. The third kappa shape index (κ3) is 3.15. The second kappa shape index (κ2) is 3.06. The topological polar surface area (TPSA) is 17.8 Å². The van der Waals surface area contributed by atoms with E-state index < -0.39 is 5.51 Å². The number of hydrogen-bond acceptors (Lipinski definition) is 2. The van der Waals surface area contributed by atoms with Gasteiger partial charge >= 0.3 is 5.51 Å². The fraction of sp³-hybridized carbons (Fsp3) is 0.250. The molecule has 0 saturated carbocycles. The van der Waals surface area contributed by atoms with Gasteiger partial charge in [0, 0.05) is 0 Å². The molecule has 2 nitrogen and oxygen atoms in total. The smallest absolute Gasteiger partial charge is 0.272 e. The van der Waals surface area contributed by atoms with Crippen molar-refractivity contribution in [2.45, 2.75) is 5.51 Å². The van der Waals surface area contributed by atoms with Gasteiger partial charge in [0.05, 0.1) is 18.1 Å². The second-order valence-corrected chi connectivity index (χ2v) is 3.47. The highest BCUT2D eigenvalue weighted by atomic mass is 79.9. The van der Waals surface area contributed by atoms with Crippen LogP contribution in [-0.4, -0.2) is 14.5 Å². The molecular weight excluding hydrogens is 245 g/mol. The Bertz CT molecular complexity index is 246. The molecular formula is C4H2BrF3N2S. The molecule has 0 aliphatic carbocycles. The maximum absolute atomic E-state index is 11.6. The van der Waals surface area contributed by atoms with Crippen molar-refractivity contribution in [3.63, 3.8) is 0 Å². The quantitative estimate of drug-likeness (QED) is 0.759. The van der Waals surface area contributed by atoms with Crippen LogP contribution in [0.1, 0.15) is 0 Å². The summed E-state index contributed by atoms with van der Waals surface area (Å²) < 4.78 is 36.2. The highest BCUT2D eigenvalue weighted by Crippen LogP contribution is 2.31. The molecule has 7 heteroatoms. The van der Waals surface area contributed by atoms with Crippen LogP contribution in [0.3, 0.4) is 0 Å². The maximum Gasteiger partial charge on any atom is 0.462 e. The zero-order valence-corrected chi connectivity index (χ0v) is 7.37. The molecule has 0 saturated heterocycles. The van der Waals surface area contributed by atoms with Gasteiger partial charge in [0.1, 0.15) is 10.9 Å². The van der Waals surface area contributed by atoms with Gasteiger partial charge in [-0.3, -0.25) is 3.97 Å². The molecule has 1 rings (SSSR count). The average Bonchev–Trinajstić information content (AvgIpc) is 2.10. The first-order valence-electron chi connectivity index (χ1n) is 2.43. The Kier molecular flexibility index (Phi) is 2.48. The predicted molar refractivity (Wildman–Crippen MR) is 39.0 cm³/mol. The van der Waals surface area contributed by atoms with Crippen LogP contribution < -0.4 is 0 Å². The molecule has 0 radical (unpaired) electrons. The summed E-state index contributed by atoms with van der Waals surface area (Å²) in [6, 6.07) is 0. The Hall–Kier alpha value is -0.170. The van der Waals surface area contributed by atoms with Crippen LogP contribution in [0.5, 0.6) is 0 Å². The molecule has 11 heavy (non-hydrogen) atoms. The molecule has 0 aliphatic heterocycles. The minimum atomic E-state index is -4.26. The SMILES string of the molecule is FC(F)(F)Sn1cnc(Br)c1. The van der Waals surface area contributed by atoms with Gasteiger partial charge < -0.3 is 0 Å². The first-order chi connectivity index (χ1) is 4.97. The highest BCUT2D eigenvalue weighted by molar-refractivity contribution is 9.10. The van der Waals surface area contributed by atoms with Gasteiger partial charge in [-0.25, -0.2) is 4.98 Å². The van der Waals surface area contributed by atoms with Crippen LogP contribution in [-0.2, 0) is 0 Å².